The molecule has 0 bridgehead atoms. The lowest BCUT2D eigenvalue weighted by atomic mass is 10.1. The van der Waals surface area contributed by atoms with Gasteiger partial charge in [0.05, 0.1) is 0 Å². The molecule has 1 aromatic carbocycles. The Morgan fingerprint density at radius 1 is 1.00 bits per heavy atom. The van der Waals surface area contributed by atoms with Gasteiger partial charge in [0.2, 0.25) is 5.91 Å². The third-order valence-corrected chi connectivity index (χ3v) is 3.87. The summed E-state index contributed by atoms with van der Waals surface area (Å²) in [6.07, 6.45) is 3.82. The number of benzene rings is 1. The van der Waals surface area contributed by atoms with E-state index in [0.717, 1.165) is 25.7 Å². The van der Waals surface area contributed by atoms with Crippen LogP contribution in [-0.4, -0.2) is 23.9 Å². The Morgan fingerprint density at radius 2 is 1.55 bits per heavy atom. The van der Waals surface area contributed by atoms with Crippen molar-refractivity contribution in [3.05, 3.63) is 35.1 Å². The zero-order valence-corrected chi connectivity index (χ0v) is 11.6. The fourth-order valence-electron chi connectivity index (χ4n) is 2.32. The monoisotopic (exact) mass is 305 g/mol. The van der Waals surface area contributed by atoms with Crippen LogP contribution in [0.4, 0.5) is 13.2 Å². The Labute approximate surface area is 120 Å². The Hall–Kier alpha value is -1.23. The third-order valence-electron chi connectivity index (χ3n) is 3.45. The summed E-state index contributed by atoms with van der Waals surface area (Å²) in [5, 5.41) is -1.33. The first-order valence-corrected chi connectivity index (χ1v) is 7.01. The van der Waals surface area contributed by atoms with Crippen molar-refractivity contribution in [3.63, 3.8) is 0 Å². The molecule has 1 unspecified atom stereocenters. The van der Waals surface area contributed by atoms with Crippen molar-refractivity contribution in [2.45, 2.75) is 31.1 Å². The number of rotatable bonds is 2. The molecule has 6 heteroatoms. The molecule has 0 aliphatic carbocycles. The van der Waals surface area contributed by atoms with Gasteiger partial charge < -0.3 is 4.90 Å². The van der Waals surface area contributed by atoms with Crippen LogP contribution in [0.5, 0.6) is 0 Å². The van der Waals surface area contributed by atoms with Crippen molar-refractivity contribution in [2.24, 2.45) is 0 Å². The van der Waals surface area contributed by atoms with E-state index in [4.69, 9.17) is 11.6 Å². The fraction of sp³-hybridized carbons (Fsp3) is 0.500. The fourth-order valence-corrected chi connectivity index (χ4v) is 2.62. The molecule has 0 aromatic heterocycles. The van der Waals surface area contributed by atoms with Crippen LogP contribution < -0.4 is 0 Å². The molecule has 110 valence electrons. The summed E-state index contributed by atoms with van der Waals surface area (Å²) < 4.78 is 39.7. The van der Waals surface area contributed by atoms with Crippen molar-refractivity contribution in [2.75, 3.05) is 13.1 Å². The van der Waals surface area contributed by atoms with Gasteiger partial charge in [-0.3, -0.25) is 4.79 Å². The van der Waals surface area contributed by atoms with Gasteiger partial charge in [0.1, 0.15) is 11.2 Å². The van der Waals surface area contributed by atoms with Gasteiger partial charge in [-0.05, 0) is 18.9 Å². The van der Waals surface area contributed by atoms with Crippen LogP contribution in [0.2, 0.25) is 0 Å². The SMILES string of the molecule is O=C(C(Cl)c1cc(F)c(F)cc1F)N1CCCCCC1. The molecule has 0 spiro atoms. The number of halogens is 4. The first kappa shape index (κ1) is 15.2. The first-order chi connectivity index (χ1) is 9.50. The van der Waals surface area contributed by atoms with Gasteiger partial charge in [0, 0.05) is 24.7 Å². The Balaban J connectivity index is 2.19. The summed E-state index contributed by atoms with van der Waals surface area (Å²) in [6.45, 7) is 1.13. The summed E-state index contributed by atoms with van der Waals surface area (Å²) in [5.41, 5.74) is -0.320. The number of amides is 1. The summed E-state index contributed by atoms with van der Waals surface area (Å²) in [5.74, 6) is -3.97. The number of hydrogen-bond acceptors (Lipinski definition) is 1. The summed E-state index contributed by atoms with van der Waals surface area (Å²) in [7, 11) is 0. The van der Waals surface area contributed by atoms with Gasteiger partial charge >= 0.3 is 0 Å². The van der Waals surface area contributed by atoms with Crippen LogP contribution >= 0.6 is 11.6 Å². The van der Waals surface area contributed by atoms with E-state index in [-0.39, 0.29) is 5.56 Å². The van der Waals surface area contributed by atoms with Crippen LogP contribution in [0.25, 0.3) is 0 Å². The molecule has 1 aromatic rings. The smallest absolute Gasteiger partial charge is 0.245 e. The van der Waals surface area contributed by atoms with Gasteiger partial charge in [-0.1, -0.05) is 12.8 Å². The summed E-state index contributed by atoms with van der Waals surface area (Å²) in [4.78, 5) is 13.8. The van der Waals surface area contributed by atoms with Gasteiger partial charge in [0.15, 0.2) is 11.6 Å². The zero-order chi connectivity index (χ0) is 14.7. The maximum absolute atomic E-state index is 13.6. The molecule has 0 saturated carbocycles. The van der Waals surface area contributed by atoms with Gasteiger partial charge in [0.25, 0.3) is 0 Å². The molecule has 1 aliphatic heterocycles. The molecule has 0 radical (unpaired) electrons. The molecule has 1 heterocycles. The Morgan fingerprint density at radius 3 is 2.15 bits per heavy atom. The highest BCUT2D eigenvalue weighted by atomic mass is 35.5. The van der Waals surface area contributed by atoms with Crippen molar-refractivity contribution in [3.8, 4) is 0 Å². The lowest BCUT2D eigenvalue weighted by Gasteiger charge is -2.23. The maximum Gasteiger partial charge on any atom is 0.245 e. The van der Waals surface area contributed by atoms with Gasteiger partial charge in [-0.25, -0.2) is 13.2 Å². The summed E-state index contributed by atoms with van der Waals surface area (Å²) in [6, 6.07) is 1.06. The van der Waals surface area contributed by atoms with E-state index < -0.39 is 28.7 Å². The minimum atomic E-state index is -1.33. The lowest BCUT2D eigenvalue weighted by Crippen LogP contribution is -2.34. The molecule has 1 aliphatic rings. The molecular weight excluding hydrogens is 291 g/mol. The number of nitrogens with zero attached hydrogens (tertiary/aromatic N) is 1. The predicted octanol–water partition coefficient (Wildman–Crippen LogP) is 3.79. The minimum Gasteiger partial charge on any atom is -0.341 e. The molecule has 1 amide bonds. The second-order valence-corrected chi connectivity index (χ2v) is 5.33. The maximum atomic E-state index is 13.6. The van der Waals surface area contributed by atoms with Crippen LogP contribution in [0.15, 0.2) is 12.1 Å². The number of alkyl halides is 1. The Kier molecular flexibility index (Phi) is 4.91. The van der Waals surface area contributed by atoms with Crippen molar-refractivity contribution >= 4 is 17.5 Å². The van der Waals surface area contributed by atoms with Crippen molar-refractivity contribution in [1.29, 1.82) is 0 Å². The molecule has 1 saturated heterocycles. The van der Waals surface area contributed by atoms with E-state index in [1.807, 2.05) is 0 Å². The highest BCUT2D eigenvalue weighted by Gasteiger charge is 2.27. The number of carbonyl (C=O) groups excluding carboxylic acids is 1. The molecule has 1 fully saturated rings. The molecule has 0 N–H and O–H groups in total. The van der Waals surface area contributed by atoms with Crippen molar-refractivity contribution < 1.29 is 18.0 Å². The van der Waals surface area contributed by atoms with Crippen LogP contribution in [0, 0.1) is 17.5 Å². The highest BCUT2D eigenvalue weighted by Crippen LogP contribution is 2.28. The number of hydrogen-bond donors (Lipinski definition) is 0. The molecule has 2 rings (SSSR count). The van der Waals surface area contributed by atoms with E-state index >= 15 is 0 Å². The molecule has 1 atom stereocenters. The third kappa shape index (κ3) is 3.26. The van der Waals surface area contributed by atoms with Gasteiger partial charge in [-0.2, -0.15) is 0 Å². The second kappa shape index (κ2) is 6.48. The second-order valence-electron chi connectivity index (χ2n) is 4.89. The van der Waals surface area contributed by atoms with Crippen LogP contribution in [-0.2, 0) is 4.79 Å². The van der Waals surface area contributed by atoms with Gasteiger partial charge in [-0.15, -0.1) is 11.6 Å². The quantitative estimate of drug-likeness (QED) is 0.601. The van der Waals surface area contributed by atoms with E-state index in [1.165, 1.54) is 0 Å². The van der Waals surface area contributed by atoms with E-state index in [9.17, 15) is 18.0 Å². The first-order valence-electron chi connectivity index (χ1n) is 6.58. The van der Waals surface area contributed by atoms with Crippen LogP contribution in [0.3, 0.4) is 0 Å². The normalized spacial score (nSPS) is 17.7. The predicted molar refractivity (Wildman–Crippen MR) is 70.0 cm³/mol. The van der Waals surface area contributed by atoms with Crippen molar-refractivity contribution in [1.82, 2.24) is 4.90 Å². The average molecular weight is 306 g/mol. The van der Waals surface area contributed by atoms with E-state index in [1.54, 1.807) is 4.90 Å². The lowest BCUT2D eigenvalue weighted by molar-refractivity contribution is -0.130. The topological polar surface area (TPSA) is 20.3 Å². The average Bonchev–Trinajstić information content (AvgIpc) is 2.70. The molecular formula is C14H15ClF3NO. The standard InChI is InChI=1S/C14H15ClF3NO/c15-13(9-7-11(17)12(18)8-10(9)16)14(20)19-5-3-1-2-4-6-19/h7-8,13H,1-6H2. The van der Waals surface area contributed by atoms with E-state index in [2.05, 4.69) is 0 Å². The van der Waals surface area contributed by atoms with Crippen LogP contribution in [0.1, 0.15) is 36.6 Å². The number of carbonyl (C=O) groups is 1. The summed E-state index contributed by atoms with van der Waals surface area (Å²) >= 11 is 5.95. The minimum absolute atomic E-state index is 0.320. The molecule has 2 nitrogen and oxygen atoms in total. The zero-order valence-electron chi connectivity index (χ0n) is 10.8. The Bertz CT molecular complexity index is 501. The largest absolute Gasteiger partial charge is 0.341 e. The number of likely N-dealkylation sites (tertiary alicyclic amines) is 1. The van der Waals surface area contributed by atoms with E-state index in [0.29, 0.717) is 25.2 Å². The highest BCUT2D eigenvalue weighted by molar-refractivity contribution is 6.30. The molecule has 20 heavy (non-hydrogen) atoms.